The zero-order valence-corrected chi connectivity index (χ0v) is 11.8. The first-order valence-electron chi connectivity index (χ1n) is 6.83. The minimum Gasteiger partial charge on any atom is -0.465 e. The first-order valence-corrected chi connectivity index (χ1v) is 6.83. The summed E-state index contributed by atoms with van der Waals surface area (Å²) in [5.41, 5.74) is -0.628. The van der Waals surface area contributed by atoms with Gasteiger partial charge in [0.2, 0.25) is 0 Å². The van der Waals surface area contributed by atoms with Crippen molar-refractivity contribution in [2.75, 3.05) is 46.5 Å². The van der Waals surface area contributed by atoms with Crippen LogP contribution in [0.25, 0.3) is 0 Å². The summed E-state index contributed by atoms with van der Waals surface area (Å²) in [5, 5.41) is 3.35. The zero-order chi connectivity index (χ0) is 13.4. The minimum atomic E-state index is -0.628. The van der Waals surface area contributed by atoms with E-state index in [1.54, 1.807) is 7.11 Å². The van der Waals surface area contributed by atoms with Crippen molar-refractivity contribution in [3.63, 3.8) is 0 Å². The van der Waals surface area contributed by atoms with Crippen LogP contribution in [0.2, 0.25) is 0 Å². The van der Waals surface area contributed by atoms with Crippen molar-refractivity contribution in [2.24, 2.45) is 0 Å². The number of carbonyl (C=O) groups is 1. The highest BCUT2D eigenvalue weighted by Crippen LogP contribution is 2.23. The highest BCUT2D eigenvalue weighted by atomic mass is 16.5. The molecule has 1 fully saturated rings. The maximum absolute atomic E-state index is 12.3. The average molecular weight is 258 g/mol. The number of ether oxygens (including phenoxy) is 2. The number of hydrogen-bond donors (Lipinski definition) is 1. The lowest BCUT2D eigenvalue weighted by Crippen LogP contribution is -2.59. The van der Waals surface area contributed by atoms with Crippen LogP contribution in [-0.4, -0.2) is 62.9 Å². The molecule has 1 aliphatic heterocycles. The van der Waals surface area contributed by atoms with Gasteiger partial charge in [-0.1, -0.05) is 6.92 Å². The molecule has 1 aliphatic rings. The Labute approximate surface area is 110 Å². The van der Waals surface area contributed by atoms with Crippen molar-refractivity contribution in [3.8, 4) is 0 Å². The van der Waals surface area contributed by atoms with Crippen LogP contribution < -0.4 is 5.32 Å². The van der Waals surface area contributed by atoms with Crippen LogP contribution in [0, 0.1) is 0 Å². The van der Waals surface area contributed by atoms with Crippen LogP contribution in [-0.2, 0) is 14.3 Å². The number of nitrogens with zero attached hydrogens (tertiary/aromatic N) is 1. The summed E-state index contributed by atoms with van der Waals surface area (Å²) in [4.78, 5) is 14.6. The number of methoxy groups -OCH3 is 1. The molecular formula is C13H26N2O3. The summed E-state index contributed by atoms with van der Waals surface area (Å²) in [7, 11) is 1.64. The van der Waals surface area contributed by atoms with E-state index >= 15 is 0 Å². The Morgan fingerprint density at radius 3 is 2.72 bits per heavy atom. The van der Waals surface area contributed by atoms with Crippen LogP contribution in [0.15, 0.2) is 0 Å². The van der Waals surface area contributed by atoms with Crippen LogP contribution in [0.4, 0.5) is 0 Å². The van der Waals surface area contributed by atoms with E-state index in [2.05, 4.69) is 10.2 Å². The monoisotopic (exact) mass is 258 g/mol. The van der Waals surface area contributed by atoms with E-state index in [1.165, 1.54) is 0 Å². The van der Waals surface area contributed by atoms with Gasteiger partial charge in [-0.15, -0.1) is 0 Å². The van der Waals surface area contributed by atoms with Gasteiger partial charge in [0.1, 0.15) is 5.54 Å². The summed E-state index contributed by atoms with van der Waals surface area (Å²) >= 11 is 0. The van der Waals surface area contributed by atoms with Crippen LogP contribution in [0.1, 0.15) is 26.7 Å². The number of esters is 1. The third-order valence-corrected chi connectivity index (χ3v) is 3.57. The van der Waals surface area contributed by atoms with Crippen LogP contribution >= 0.6 is 0 Å². The Bertz CT molecular complexity index is 253. The normalized spacial score (nSPS) is 21.1. The molecule has 18 heavy (non-hydrogen) atoms. The van der Waals surface area contributed by atoms with Crippen molar-refractivity contribution in [1.82, 2.24) is 10.2 Å². The van der Waals surface area contributed by atoms with Gasteiger partial charge < -0.3 is 14.8 Å². The molecule has 0 saturated carbocycles. The second kappa shape index (κ2) is 7.71. The van der Waals surface area contributed by atoms with E-state index in [9.17, 15) is 4.79 Å². The minimum absolute atomic E-state index is 0.156. The highest BCUT2D eigenvalue weighted by molar-refractivity contribution is 5.81. The molecule has 5 heteroatoms. The molecule has 0 amide bonds. The maximum atomic E-state index is 12.3. The smallest absolute Gasteiger partial charge is 0.328 e. The van der Waals surface area contributed by atoms with E-state index in [4.69, 9.17) is 9.47 Å². The molecule has 0 aliphatic carbocycles. The van der Waals surface area contributed by atoms with Gasteiger partial charge >= 0.3 is 5.97 Å². The summed E-state index contributed by atoms with van der Waals surface area (Å²) in [6, 6.07) is 0. The van der Waals surface area contributed by atoms with Gasteiger partial charge in [-0.3, -0.25) is 4.90 Å². The molecule has 1 N–H and O–H groups in total. The lowest BCUT2D eigenvalue weighted by molar-refractivity contribution is -0.162. The summed E-state index contributed by atoms with van der Waals surface area (Å²) in [5.74, 6) is -0.156. The molecule has 1 atom stereocenters. The number of carbonyl (C=O) groups excluding carboxylic acids is 1. The fourth-order valence-electron chi connectivity index (χ4n) is 2.53. The van der Waals surface area contributed by atoms with Gasteiger partial charge in [0.15, 0.2) is 0 Å². The molecule has 0 aromatic heterocycles. The Hall–Kier alpha value is -0.650. The first-order chi connectivity index (χ1) is 8.71. The van der Waals surface area contributed by atoms with Gasteiger partial charge in [0.05, 0.1) is 13.2 Å². The van der Waals surface area contributed by atoms with E-state index in [-0.39, 0.29) is 5.97 Å². The second-order valence-electron chi connectivity index (χ2n) is 4.63. The highest BCUT2D eigenvalue weighted by Gasteiger charge is 2.44. The Balaban J connectivity index is 2.88. The van der Waals surface area contributed by atoms with Crippen molar-refractivity contribution in [3.05, 3.63) is 0 Å². The molecule has 0 radical (unpaired) electrons. The van der Waals surface area contributed by atoms with Crippen molar-refractivity contribution in [1.29, 1.82) is 0 Å². The molecule has 0 aromatic carbocycles. The largest absolute Gasteiger partial charge is 0.465 e. The molecule has 0 bridgehead atoms. The first kappa shape index (κ1) is 15.4. The number of nitrogens with one attached hydrogen (secondary N) is 1. The Kier molecular flexibility index (Phi) is 6.60. The molecule has 0 spiro atoms. The topological polar surface area (TPSA) is 50.8 Å². The predicted octanol–water partition coefficient (Wildman–Crippen LogP) is 0.640. The van der Waals surface area contributed by atoms with Gasteiger partial charge in [0, 0.05) is 26.7 Å². The molecule has 1 unspecified atom stereocenters. The average Bonchev–Trinajstić information content (AvgIpc) is 2.65. The fraction of sp³-hybridized carbons (Fsp3) is 0.923. The summed E-state index contributed by atoms with van der Waals surface area (Å²) in [6.45, 7) is 8.35. The number of hydrogen-bond acceptors (Lipinski definition) is 5. The molecular weight excluding hydrogens is 232 g/mol. The van der Waals surface area contributed by atoms with Crippen molar-refractivity contribution >= 4 is 5.97 Å². The van der Waals surface area contributed by atoms with E-state index in [0.29, 0.717) is 19.6 Å². The van der Waals surface area contributed by atoms with Gasteiger partial charge in [-0.25, -0.2) is 4.79 Å². The van der Waals surface area contributed by atoms with E-state index < -0.39 is 5.54 Å². The second-order valence-corrected chi connectivity index (χ2v) is 4.63. The third kappa shape index (κ3) is 3.43. The Morgan fingerprint density at radius 2 is 2.11 bits per heavy atom. The lowest BCUT2D eigenvalue weighted by Gasteiger charge is -2.40. The van der Waals surface area contributed by atoms with Gasteiger partial charge in [-0.2, -0.15) is 0 Å². The summed E-state index contributed by atoms with van der Waals surface area (Å²) in [6.07, 6.45) is 1.75. The zero-order valence-electron chi connectivity index (χ0n) is 11.8. The van der Waals surface area contributed by atoms with Crippen LogP contribution in [0.3, 0.4) is 0 Å². The predicted molar refractivity (Wildman–Crippen MR) is 70.6 cm³/mol. The Morgan fingerprint density at radius 1 is 1.33 bits per heavy atom. The maximum Gasteiger partial charge on any atom is 0.328 e. The van der Waals surface area contributed by atoms with Crippen molar-refractivity contribution < 1.29 is 14.3 Å². The quantitative estimate of drug-likeness (QED) is 0.709. The SMILES string of the molecule is CCOC(=O)C(CC)(COC)N1CCCNCC1. The lowest BCUT2D eigenvalue weighted by atomic mass is 9.94. The molecule has 1 heterocycles. The number of rotatable bonds is 6. The molecule has 5 nitrogen and oxygen atoms in total. The van der Waals surface area contributed by atoms with Crippen molar-refractivity contribution in [2.45, 2.75) is 32.2 Å². The molecule has 0 aromatic rings. The molecule has 106 valence electrons. The van der Waals surface area contributed by atoms with Gasteiger partial charge in [-0.05, 0) is 26.3 Å². The fourth-order valence-corrected chi connectivity index (χ4v) is 2.53. The van der Waals surface area contributed by atoms with Gasteiger partial charge in [0.25, 0.3) is 0 Å². The summed E-state index contributed by atoms with van der Waals surface area (Å²) < 4.78 is 10.6. The molecule has 1 rings (SSSR count). The van der Waals surface area contributed by atoms with E-state index in [0.717, 1.165) is 32.6 Å². The van der Waals surface area contributed by atoms with E-state index in [1.807, 2.05) is 13.8 Å². The van der Waals surface area contributed by atoms with Crippen LogP contribution in [0.5, 0.6) is 0 Å². The molecule has 1 saturated heterocycles. The third-order valence-electron chi connectivity index (χ3n) is 3.57. The standard InChI is InChI=1S/C13H26N2O3/c1-4-13(11-17-3,12(16)18-5-2)15-9-6-7-14-8-10-15/h14H,4-11H2,1-3H3.